The molecule has 0 aliphatic carbocycles. The van der Waals surface area contributed by atoms with Crippen molar-refractivity contribution in [1.82, 2.24) is 10.6 Å². The Balaban J connectivity index is 1.47. The summed E-state index contributed by atoms with van der Waals surface area (Å²) >= 11 is 7.14. The van der Waals surface area contributed by atoms with Gasteiger partial charge in [0.2, 0.25) is 0 Å². The van der Waals surface area contributed by atoms with Gasteiger partial charge in [-0.3, -0.25) is 9.59 Å². The number of thiophene rings is 1. The Labute approximate surface area is 164 Å². The number of amides is 2. The molecule has 0 aliphatic rings. The molecule has 0 radical (unpaired) electrons. The Morgan fingerprint density at radius 3 is 2.41 bits per heavy atom. The van der Waals surface area contributed by atoms with Gasteiger partial charge < -0.3 is 20.2 Å². The number of carbonyl (C=O) groups is 2. The van der Waals surface area contributed by atoms with Crippen molar-refractivity contribution in [1.29, 1.82) is 0 Å². The third-order valence-electron chi connectivity index (χ3n) is 3.76. The second-order valence-electron chi connectivity index (χ2n) is 5.71. The molecule has 3 N–H and O–H groups in total. The third-order valence-corrected chi connectivity index (χ3v) is 5.15. The Hall–Kier alpha value is -2.61. The van der Waals surface area contributed by atoms with E-state index in [1.165, 1.54) is 17.6 Å². The summed E-state index contributed by atoms with van der Waals surface area (Å²) in [6.45, 7) is 0.435. The fraction of sp³-hybridized carbons (Fsp3) is 0.158. The molecule has 0 aliphatic heterocycles. The molecule has 140 valence electrons. The first kappa shape index (κ1) is 19.2. The minimum Gasteiger partial charge on any atom is -0.466 e. The summed E-state index contributed by atoms with van der Waals surface area (Å²) in [6, 6.07) is 13.9. The highest BCUT2D eigenvalue weighted by Gasteiger charge is 2.17. The smallest absolute Gasteiger partial charge is 0.309 e. The van der Waals surface area contributed by atoms with Crippen molar-refractivity contribution in [2.24, 2.45) is 0 Å². The number of furan rings is 1. The molecule has 0 saturated carbocycles. The second-order valence-corrected chi connectivity index (χ2v) is 7.35. The molecule has 2 amide bonds. The Morgan fingerprint density at radius 2 is 1.74 bits per heavy atom. The summed E-state index contributed by atoms with van der Waals surface area (Å²) in [5.74, 6) is -0.975. The zero-order chi connectivity index (χ0) is 19.2. The lowest BCUT2D eigenvalue weighted by Crippen LogP contribution is -2.39. The number of halogens is 1. The lowest BCUT2D eigenvalue weighted by molar-refractivity contribution is -0.139. The van der Waals surface area contributed by atoms with Gasteiger partial charge in [0.15, 0.2) is 0 Å². The molecule has 1 atom stereocenters. The van der Waals surface area contributed by atoms with E-state index in [4.69, 9.17) is 16.0 Å². The Morgan fingerprint density at radius 1 is 1.04 bits per heavy atom. The van der Waals surface area contributed by atoms with Gasteiger partial charge in [-0.2, -0.15) is 0 Å². The molecule has 2 aromatic heterocycles. The molecule has 0 bridgehead atoms. The highest BCUT2D eigenvalue weighted by Crippen LogP contribution is 2.28. The van der Waals surface area contributed by atoms with Gasteiger partial charge in [-0.1, -0.05) is 23.7 Å². The van der Waals surface area contributed by atoms with Crippen LogP contribution >= 0.6 is 22.9 Å². The van der Waals surface area contributed by atoms with Crippen LogP contribution in [-0.2, 0) is 22.7 Å². The maximum absolute atomic E-state index is 11.9. The van der Waals surface area contributed by atoms with Crippen LogP contribution in [0.25, 0.3) is 0 Å². The van der Waals surface area contributed by atoms with E-state index in [0.717, 1.165) is 10.4 Å². The van der Waals surface area contributed by atoms with Crippen LogP contribution in [0.3, 0.4) is 0 Å². The van der Waals surface area contributed by atoms with Crippen LogP contribution in [0, 0.1) is 0 Å². The highest BCUT2D eigenvalue weighted by molar-refractivity contribution is 7.12. The Kier molecular flexibility index (Phi) is 6.28. The fourth-order valence-corrected chi connectivity index (χ4v) is 3.41. The number of benzene rings is 1. The van der Waals surface area contributed by atoms with Crippen LogP contribution in [0.2, 0.25) is 5.02 Å². The van der Waals surface area contributed by atoms with Crippen LogP contribution in [0.15, 0.2) is 59.2 Å². The van der Waals surface area contributed by atoms with Gasteiger partial charge in [0.1, 0.15) is 11.9 Å². The minimum atomic E-state index is -0.850. The van der Waals surface area contributed by atoms with E-state index in [0.29, 0.717) is 15.7 Å². The SMILES string of the molecule is O=C(NCc1ccc(Cl)cc1)C(=O)NCc1ccc(C(O)c2ccco2)s1. The number of rotatable bonds is 6. The van der Waals surface area contributed by atoms with Crippen molar-refractivity contribution in [3.8, 4) is 0 Å². The van der Waals surface area contributed by atoms with E-state index in [2.05, 4.69) is 10.6 Å². The van der Waals surface area contributed by atoms with Crippen LogP contribution in [0.1, 0.15) is 27.2 Å². The number of carbonyl (C=O) groups excluding carboxylic acids is 2. The largest absolute Gasteiger partial charge is 0.466 e. The summed E-state index contributed by atoms with van der Waals surface area (Å²) in [5, 5.41) is 15.9. The lowest BCUT2D eigenvalue weighted by Gasteiger charge is -2.06. The van der Waals surface area contributed by atoms with E-state index in [1.54, 1.807) is 48.5 Å². The molecular weight excluding hydrogens is 388 g/mol. The van der Waals surface area contributed by atoms with Crippen molar-refractivity contribution in [3.63, 3.8) is 0 Å². The summed E-state index contributed by atoms with van der Waals surface area (Å²) in [5.41, 5.74) is 0.843. The van der Waals surface area contributed by atoms with E-state index >= 15 is 0 Å². The molecule has 27 heavy (non-hydrogen) atoms. The number of nitrogens with one attached hydrogen (secondary N) is 2. The molecule has 6 nitrogen and oxygen atoms in total. The normalized spacial score (nSPS) is 11.8. The van der Waals surface area contributed by atoms with Gasteiger partial charge in [0, 0.05) is 21.3 Å². The van der Waals surface area contributed by atoms with Gasteiger partial charge in [0.05, 0.1) is 12.8 Å². The summed E-state index contributed by atoms with van der Waals surface area (Å²) in [6.07, 6.45) is 0.646. The van der Waals surface area contributed by atoms with E-state index in [-0.39, 0.29) is 13.1 Å². The average Bonchev–Trinajstić information content (AvgIpc) is 3.37. The maximum atomic E-state index is 11.9. The molecule has 2 heterocycles. The number of aliphatic hydroxyl groups excluding tert-OH is 1. The van der Waals surface area contributed by atoms with Crippen molar-refractivity contribution in [3.05, 3.63) is 80.9 Å². The molecule has 0 fully saturated rings. The minimum absolute atomic E-state index is 0.197. The van der Waals surface area contributed by atoms with E-state index in [1.807, 2.05) is 0 Å². The first-order chi connectivity index (χ1) is 13.0. The second kappa shape index (κ2) is 8.85. The monoisotopic (exact) mass is 404 g/mol. The maximum Gasteiger partial charge on any atom is 0.309 e. The van der Waals surface area contributed by atoms with Crippen molar-refractivity contribution in [2.75, 3.05) is 0 Å². The summed E-state index contributed by atoms with van der Waals surface area (Å²) in [4.78, 5) is 25.3. The zero-order valence-corrected chi connectivity index (χ0v) is 15.7. The molecule has 1 unspecified atom stereocenters. The summed E-state index contributed by atoms with van der Waals surface area (Å²) in [7, 11) is 0. The number of hydrogen-bond donors (Lipinski definition) is 3. The Bertz CT molecular complexity index is 906. The number of aliphatic hydroxyl groups is 1. The van der Waals surface area contributed by atoms with Crippen LogP contribution in [0.5, 0.6) is 0 Å². The van der Waals surface area contributed by atoms with Crippen LogP contribution < -0.4 is 10.6 Å². The topological polar surface area (TPSA) is 91.6 Å². The van der Waals surface area contributed by atoms with Crippen molar-refractivity contribution in [2.45, 2.75) is 19.2 Å². The van der Waals surface area contributed by atoms with Gasteiger partial charge in [-0.05, 0) is 42.0 Å². The summed E-state index contributed by atoms with van der Waals surface area (Å²) < 4.78 is 5.19. The first-order valence-corrected chi connectivity index (χ1v) is 9.33. The predicted molar refractivity (Wildman–Crippen MR) is 102 cm³/mol. The lowest BCUT2D eigenvalue weighted by atomic mass is 10.2. The van der Waals surface area contributed by atoms with Gasteiger partial charge in [0.25, 0.3) is 0 Å². The first-order valence-electron chi connectivity index (χ1n) is 8.13. The molecule has 3 rings (SSSR count). The van der Waals surface area contributed by atoms with Gasteiger partial charge in [-0.25, -0.2) is 0 Å². The van der Waals surface area contributed by atoms with E-state index in [9.17, 15) is 14.7 Å². The third kappa shape index (κ3) is 5.19. The van der Waals surface area contributed by atoms with Crippen molar-refractivity contribution < 1.29 is 19.1 Å². The molecule has 0 saturated heterocycles. The average molecular weight is 405 g/mol. The standard InChI is InChI=1S/C19H17ClN2O4S/c20-13-5-3-12(4-6-13)10-21-18(24)19(25)22-11-14-7-8-16(27-14)17(23)15-2-1-9-26-15/h1-9,17,23H,10-11H2,(H,21,24)(H,22,25). The number of hydrogen-bond acceptors (Lipinski definition) is 5. The van der Waals surface area contributed by atoms with Gasteiger partial charge >= 0.3 is 11.8 Å². The quantitative estimate of drug-likeness (QED) is 0.551. The highest BCUT2D eigenvalue weighted by atomic mass is 35.5. The molecule has 0 spiro atoms. The zero-order valence-electron chi connectivity index (χ0n) is 14.1. The molecule has 8 heteroatoms. The fourth-order valence-electron chi connectivity index (χ4n) is 2.34. The predicted octanol–water partition coefficient (Wildman–Crippen LogP) is 3.01. The molecule has 3 aromatic rings. The van der Waals surface area contributed by atoms with Crippen LogP contribution in [-0.4, -0.2) is 16.9 Å². The van der Waals surface area contributed by atoms with Crippen LogP contribution in [0.4, 0.5) is 0 Å². The molecule has 1 aromatic carbocycles. The van der Waals surface area contributed by atoms with E-state index < -0.39 is 17.9 Å². The van der Waals surface area contributed by atoms with Gasteiger partial charge in [-0.15, -0.1) is 11.3 Å². The molecular formula is C19H17ClN2O4S. The van der Waals surface area contributed by atoms with Crippen molar-refractivity contribution >= 4 is 34.8 Å².